The van der Waals surface area contributed by atoms with Crippen LogP contribution in [0.5, 0.6) is 0 Å². The molecule has 0 saturated carbocycles. The molecule has 0 amide bonds. The summed E-state index contributed by atoms with van der Waals surface area (Å²) in [4.78, 5) is 4.47. The highest BCUT2D eigenvalue weighted by Gasteiger charge is 2.12. The number of aliphatic hydroxyl groups is 1. The van der Waals surface area contributed by atoms with E-state index in [1.54, 1.807) is 0 Å². The SMILES string of the molecule is OCCc1nccc(-c2ccccc2)c1-c1ccccc1. The van der Waals surface area contributed by atoms with E-state index in [2.05, 4.69) is 29.2 Å². The van der Waals surface area contributed by atoms with Crippen LogP contribution in [-0.2, 0) is 6.42 Å². The minimum Gasteiger partial charge on any atom is -0.396 e. The standard InChI is InChI=1S/C19H17NO/c21-14-12-18-19(16-9-5-2-6-10-16)17(11-13-20-18)15-7-3-1-4-8-15/h1-11,13,21H,12,14H2. The Labute approximate surface area is 124 Å². The first kappa shape index (κ1) is 13.5. The van der Waals surface area contributed by atoms with Gasteiger partial charge in [0.2, 0.25) is 0 Å². The fourth-order valence-electron chi connectivity index (χ4n) is 2.59. The minimum atomic E-state index is 0.102. The van der Waals surface area contributed by atoms with Gasteiger partial charge < -0.3 is 5.11 Å². The molecule has 0 saturated heterocycles. The Balaban J connectivity index is 2.23. The molecule has 3 rings (SSSR count). The van der Waals surface area contributed by atoms with E-state index in [4.69, 9.17) is 0 Å². The predicted octanol–water partition coefficient (Wildman–Crippen LogP) is 3.95. The van der Waals surface area contributed by atoms with Crippen LogP contribution >= 0.6 is 0 Å². The number of aromatic nitrogens is 1. The van der Waals surface area contributed by atoms with Crippen molar-refractivity contribution < 1.29 is 5.11 Å². The normalized spacial score (nSPS) is 10.5. The molecule has 2 nitrogen and oxygen atoms in total. The van der Waals surface area contributed by atoms with Crippen molar-refractivity contribution in [3.8, 4) is 22.3 Å². The molecule has 0 radical (unpaired) electrons. The fraction of sp³-hybridized carbons (Fsp3) is 0.105. The summed E-state index contributed by atoms with van der Waals surface area (Å²) in [6, 6.07) is 22.6. The van der Waals surface area contributed by atoms with Crippen LogP contribution in [0.2, 0.25) is 0 Å². The second kappa shape index (κ2) is 6.33. The number of rotatable bonds is 4. The fourth-order valence-corrected chi connectivity index (χ4v) is 2.59. The molecular weight excluding hydrogens is 258 g/mol. The maximum Gasteiger partial charge on any atom is 0.0510 e. The Hall–Kier alpha value is -2.45. The molecule has 0 fully saturated rings. The van der Waals surface area contributed by atoms with E-state index in [0.717, 1.165) is 27.9 Å². The molecule has 21 heavy (non-hydrogen) atoms. The zero-order chi connectivity index (χ0) is 14.5. The van der Waals surface area contributed by atoms with Crippen molar-refractivity contribution in [3.63, 3.8) is 0 Å². The van der Waals surface area contributed by atoms with Gasteiger partial charge in [0.05, 0.1) is 5.69 Å². The lowest BCUT2D eigenvalue weighted by Gasteiger charge is -2.14. The van der Waals surface area contributed by atoms with E-state index in [9.17, 15) is 5.11 Å². The van der Waals surface area contributed by atoms with Crippen LogP contribution in [0.3, 0.4) is 0 Å². The summed E-state index contributed by atoms with van der Waals surface area (Å²) in [5, 5.41) is 9.31. The molecule has 2 aromatic carbocycles. The summed E-state index contributed by atoms with van der Waals surface area (Å²) in [7, 11) is 0. The van der Waals surface area contributed by atoms with Crippen LogP contribution in [0.15, 0.2) is 72.9 Å². The van der Waals surface area contributed by atoms with Crippen LogP contribution in [0.4, 0.5) is 0 Å². The smallest absolute Gasteiger partial charge is 0.0510 e. The lowest BCUT2D eigenvalue weighted by Crippen LogP contribution is -2.00. The van der Waals surface area contributed by atoms with Crippen LogP contribution < -0.4 is 0 Å². The molecule has 1 heterocycles. The molecule has 0 aliphatic rings. The second-order valence-corrected chi connectivity index (χ2v) is 4.89. The van der Waals surface area contributed by atoms with Crippen molar-refractivity contribution in [2.45, 2.75) is 6.42 Å². The first-order valence-electron chi connectivity index (χ1n) is 7.09. The Bertz CT molecular complexity index is 708. The summed E-state index contributed by atoms with van der Waals surface area (Å²) in [6.45, 7) is 0.102. The van der Waals surface area contributed by atoms with E-state index in [1.807, 2.05) is 48.7 Å². The zero-order valence-corrected chi connectivity index (χ0v) is 11.7. The molecule has 3 aromatic rings. The molecule has 0 aliphatic carbocycles. The van der Waals surface area contributed by atoms with Crippen LogP contribution in [0.25, 0.3) is 22.3 Å². The Morgan fingerprint density at radius 1 is 0.762 bits per heavy atom. The number of hydrogen-bond acceptors (Lipinski definition) is 2. The van der Waals surface area contributed by atoms with Gasteiger partial charge in [0.1, 0.15) is 0 Å². The van der Waals surface area contributed by atoms with Crippen molar-refractivity contribution in [2.24, 2.45) is 0 Å². The van der Waals surface area contributed by atoms with Crippen molar-refractivity contribution in [3.05, 3.63) is 78.6 Å². The topological polar surface area (TPSA) is 33.1 Å². The van der Waals surface area contributed by atoms with E-state index >= 15 is 0 Å². The third-order valence-electron chi connectivity index (χ3n) is 3.53. The van der Waals surface area contributed by atoms with Gasteiger partial charge in [0.15, 0.2) is 0 Å². The monoisotopic (exact) mass is 275 g/mol. The quantitative estimate of drug-likeness (QED) is 0.782. The van der Waals surface area contributed by atoms with Crippen LogP contribution in [-0.4, -0.2) is 16.7 Å². The maximum absolute atomic E-state index is 9.31. The highest BCUT2D eigenvalue weighted by molar-refractivity contribution is 5.84. The van der Waals surface area contributed by atoms with Gasteiger partial charge >= 0.3 is 0 Å². The highest BCUT2D eigenvalue weighted by atomic mass is 16.3. The number of aliphatic hydroxyl groups excluding tert-OH is 1. The number of hydrogen-bond donors (Lipinski definition) is 1. The summed E-state index contributed by atoms with van der Waals surface area (Å²) in [5.41, 5.74) is 5.49. The third-order valence-corrected chi connectivity index (χ3v) is 3.53. The van der Waals surface area contributed by atoms with E-state index < -0.39 is 0 Å². The van der Waals surface area contributed by atoms with Gasteiger partial charge in [-0.05, 0) is 22.8 Å². The maximum atomic E-state index is 9.31. The number of benzene rings is 2. The van der Waals surface area contributed by atoms with E-state index in [-0.39, 0.29) is 6.61 Å². The lowest BCUT2D eigenvalue weighted by atomic mass is 9.93. The van der Waals surface area contributed by atoms with Gasteiger partial charge in [-0.2, -0.15) is 0 Å². The summed E-state index contributed by atoms with van der Waals surface area (Å²) in [5.74, 6) is 0. The first-order valence-corrected chi connectivity index (χ1v) is 7.09. The van der Waals surface area contributed by atoms with Crippen molar-refractivity contribution in [2.75, 3.05) is 6.61 Å². The minimum absolute atomic E-state index is 0.102. The Morgan fingerprint density at radius 3 is 2.00 bits per heavy atom. The molecule has 1 aromatic heterocycles. The van der Waals surface area contributed by atoms with Gasteiger partial charge in [-0.15, -0.1) is 0 Å². The Kier molecular flexibility index (Phi) is 4.08. The van der Waals surface area contributed by atoms with E-state index in [0.29, 0.717) is 6.42 Å². The molecule has 0 bridgehead atoms. The molecule has 0 unspecified atom stereocenters. The third kappa shape index (κ3) is 2.86. The molecule has 104 valence electrons. The average Bonchev–Trinajstić information content (AvgIpc) is 2.56. The predicted molar refractivity (Wildman–Crippen MR) is 85.9 cm³/mol. The molecule has 1 N–H and O–H groups in total. The molecule has 0 atom stereocenters. The van der Waals surface area contributed by atoms with Crippen LogP contribution in [0, 0.1) is 0 Å². The number of nitrogens with zero attached hydrogens (tertiary/aromatic N) is 1. The molecule has 0 spiro atoms. The summed E-state index contributed by atoms with van der Waals surface area (Å²) >= 11 is 0. The molecule has 0 aliphatic heterocycles. The van der Waals surface area contributed by atoms with Crippen molar-refractivity contribution >= 4 is 0 Å². The first-order chi connectivity index (χ1) is 10.4. The summed E-state index contributed by atoms with van der Waals surface area (Å²) in [6.07, 6.45) is 2.38. The summed E-state index contributed by atoms with van der Waals surface area (Å²) < 4.78 is 0. The van der Waals surface area contributed by atoms with Gasteiger partial charge in [0.25, 0.3) is 0 Å². The number of pyridine rings is 1. The molecule has 2 heteroatoms. The lowest BCUT2D eigenvalue weighted by molar-refractivity contribution is 0.298. The molecular formula is C19H17NO. The van der Waals surface area contributed by atoms with Crippen molar-refractivity contribution in [1.29, 1.82) is 0 Å². The van der Waals surface area contributed by atoms with Gasteiger partial charge in [-0.1, -0.05) is 60.7 Å². The van der Waals surface area contributed by atoms with Gasteiger partial charge in [-0.3, -0.25) is 4.98 Å². The highest BCUT2D eigenvalue weighted by Crippen LogP contribution is 2.33. The largest absolute Gasteiger partial charge is 0.396 e. The van der Waals surface area contributed by atoms with Crippen molar-refractivity contribution in [1.82, 2.24) is 4.98 Å². The second-order valence-electron chi connectivity index (χ2n) is 4.89. The van der Waals surface area contributed by atoms with Gasteiger partial charge in [-0.25, -0.2) is 0 Å². The van der Waals surface area contributed by atoms with E-state index in [1.165, 1.54) is 0 Å². The average molecular weight is 275 g/mol. The zero-order valence-electron chi connectivity index (χ0n) is 11.7. The van der Waals surface area contributed by atoms with Crippen LogP contribution in [0.1, 0.15) is 5.69 Å². The van der Waals surface area contributed by atoms with Gasteiger partial charge in [0, 0.05) is 24.8 Å². The Morgan fingerprint density at radius 2 is 1.38 bits per heavy atom.